The minimum Gasteiger partial charge on any atom is -0.214 e. The molecule has 0 aliphatic carbocycles. The molecule has 4 heteroatoms. The van der Waals surface area contributed by atoms with E-state index in [2.05, 4.69) is 0 Å². The summed E-state index contributed by atoms with van der Waals surface area (Å²) in [4.78, 5) is 0. The van der Waals surface area contributed by atoms with E-state index in [-0.39, 0.29) is 37.1 Å². The average molecular weight is 338 g/mol. The molecule has 0 fully saturated rings. The second kappa shape index (κ2) is 29.2. The van der Waals surface area contributed by atoms with Gasteiger partial charge in [-0.25, -0.2) is 12.1 Å². The second-order valence-electron chi connectivity index (χ2n) is 1.18. The van der Waals surface area contributed by atoms with Gasteiger partial charge in [-0.3, -0.25) is 0 Å². The predicted octanol–water partition coefficient (Wildman–Crippen LogP) is 5.72. The van der Waals surface area contributed by atoms with Gasteiger partial charge in [-0.05, 0) is 0 Å². The quantitative estimate of drug-likeness (QED) is 0.531. The fraction of sp³-hybridized carbons (Fsp3) is 0. The van der Waals surface area contributed by atoms with Crippen LogP contribution in [0, 0.1) is 37.1 Å². The van der Waals surface area contributed by atoms with E-state index in [1.165, 1.54) is 0 Å². The first-order chi connectivity index (χ1) is 4.23. The van der Waals surface area contributed by atoms with Crippen LogP contribution in [0.25, 0.3) is 0 Å². The number of hydrogen-bond acceptors (Lipinski definition) is 0. The molecule has 0 saturated carbocycles. The zero-order valence-corrected chi connectivity index (χ0v) is 14.2. The summed E-state index contributed by atoms with van der Waals surface area (Å²) >= 11 is -2.13. The molecular weight excluding hydrogens is 318 g/mol. The van der Waals surface area contributed by atoms with Crippen molar-refractivity contribution in [3.05, 3.63) is 67.5 Å². The molecule has 14 heavy (non-hydrogen) atoms. The molecule has 0 nitrogen and oxygen atoms in total. The minimum atomic E-state index is -2.13. The summed E-state index contributed by atoms with van der Waals surface area (Å²) in [5.41, 5.74) is 0. The maximum Gasteiger partial charge on any atom is -0.172 e. The first-order valence-electron chi connectivity index (χ1n) is 2.23. The zero-order chi connectivity index (χ0) is 7.11. The Kier molecular flexibility index (Phi) is 75.7. The Bertz CT molecular complexity index is 99.0. The van der Waals surface area contributed by atoms with Gasteiger partial charge in [0, 0.05) is 0 Å². The van der Waals surface area contributed by atoms with Crippen molar-refractivity contribution in [2.45, 2.75) is 0 Å². The maximum absolute atomic E-state index is 5.00. The van der Waals surface area contributed by atoms with Crippen molar-refractivity contribution in [2.75, 3.05) is 0 Å². The van der Waals surface area contributed by atoms with Gasteiger partial charge in [0.2, 0.25) is 0 Å². The molecule has 0 atom stereocenters. The molecule has 0 radical (unpaired) electrons. The van der Waals surface area contributed by atoms with E-state index >= 15 is 0 Å². The van der Waals surface area contributed by atoms with Crippen molar-refractivity contribution in [2.24, 2.45) is 0 Å². The van der Waals surface area contributed by atoms with Gasteiger partial charge in [0.15, 0.2) is 0 Å². The maximum atomic E-state index is 5.00. The Morgan fingerprint density at radius 1 is 0.714 bits per heavy atom. The molecule has 0 saturated heterocycles. The molecule has 1 aromatic rings. The molecule has 1 aromatic carbocycles. The second-order valence-corrected chi connectivity index (χ2v) is 12.4. The standard InChI is InChI=1S/C5H5.5CH3.3ClH.Zr/c1-2-4-5-3-1;;;;;;;;;/h1-5H;5*1H3;3*1H;/q6*-1;;;;+3/p-3. The van der Waals surface area contributed by atoms with Crippen LogP contribution in [0.5, 0.6) is 0 Å². The Balaban J connectivity index is -0.0000000171. The normalized spacial score (nSPS) is 4.79. The van der Waals surface area contributed by atoms with Crippen molar-refractivity contribution >= 4 is 25.5 Å². The van der Waals surface area contributed by atoms with Crippen LogP contribution in [0.15, 0.2) is 30.3 Å². The molecule has 0 aliphatic rings. The minimum absolute atomic E-state index is 0. The molecule has 91 valence electrons. The van der Waals surface area contributed by atoms with Gasteiger partial charge < -0.3 is 37.1 Å². The van der Waals surface area contributed by atoms with E-state index in [1.54, 1.807) is 0 Å². The zero-order valence-electron chi connectivity index (χ0n) is 9.52. The molecule has 0 aromatic heterocycles. The van der Waals surface area contributed by atoms with Crippen LogP contribution >= 0.6 is 25.5 Å². The number of halogens is 3. The third-order valence-corrected chi connectivity index (χ3v) is 0.556. The van der Waals surface area contributed by atoms with E-state index in [0.717, 1.165) is 0 Å². The first-order valence-corrected chi connectivity index (χ1v) is 11.7. The topological polar surface area (TPSA) is 0 Å². The average Bonchev–Trinajstić information content (AvgIpc) is 2.11. The van der Waals surface area contributed by atoms with Gasteiger partial charge in [0.1, 0.15) is 0 Å². The van der Waals surface area contributed by atoms with Gasteiger partial charge in [-0.15, -0.1) is 0 Å². The van der Waals surface area contributed by atoms with Gasteiger partial charge in [0.05, 0.1) is 0 Å². The van der Waals surface area contributed by atoms with E-state index in [9.17, 15) is 0 Å². The van der Waals surface area contributed by atoms with Crippen LogP contribution in [0.2, 0.25) is 0 Å². The van der Waals surface area contributed by atoms with Gasteiger partial charge >= 0.3 is 43.7 Å². The fourth-order valence-electron chi connectivity index (χ4n) is 0.321. The molecule has 0 spiro atoms. The smallest absolute Gasteiger partial charge is 0.172 e. The molecule has 0 amide bonds. The summed E-state index contributed by atoms with van der Waals surface area (Å²) in [6.07, 6.45) is 0. The molecule has 0 aliphatic heterocycles. The van der Waals surface area contributed by atoms with E-state index in [1.807, 2.05) is 30.3 Å². The number of hydrogen-bond donors (Lipinski definition) is 0. The molecule has 0 unspecified atom stereocenters. The van der Waals surface area contributed by atoms with Gasteiger partial charge in [-0.2, -0.15) is 18.2 Å². The summed E-state index contributed by atoms with van der Waals surface area (Å²) in [6, 6.07) is 10.0. The summed E-state index contributed by atoms with van der Waals surface area (Å²) in [5.74, 6) is 0. The van der Waals surface area contributed by atoms with Crippen molar-refractivity contribution < 1.29 is 18.2 Å². The molecular formula is C10H20Cl3Zr-6. The molecule has 1 rings (SSSR count). The first kappa shape index (κ1) is 36.3. The molecule has 0 bridgehead atoms. The van der Waals surface area contributed by atoms with Crippen LogP contribution in [-0.2, 0) is 18.2 Å². The van der Waals surface area contributed by atoms with E-state index in [0.29, 0.717) is 0 Å². The largest absolute Gasteiger partial charge is 0.214 e. The molecule has 0 heterocycles. The predicted molar refractivity (Wildman–Crippen MR) is 71.7 cm³/mol. The third-order valence-electron chi connectivity index (χ3n) is 0.556. The number of rotatable bonds is 0. The SMILES string of the molecule is [CH3-].[CH3-].[CH3-].[CH3-].[CH3-].[Cl][Zr]([Cl])[Cl].c1cc[cH-]c1. The molecule has 0 N–H and O–H groups in total. The van der Waals surface area contributed by atoms with Crippen molar-refractivity contribution in [1.29, 1.82) is 0 Å². The Morgan fingerprint density at radius 3 is 1.00 bits per heavy atom. The summed E-state index contributed by atoms with van der Waals surface area (Å²) in [5, 5.41) is 0. The van der Waals surface area contributed by atoms with E-state index in [4.69, 9.17) is 25.5 Å². The fourth-order valence-corrected chi connectivity index (χ4v) is 0.321. The van der Waals surface area contributed by atoms with Crippen LogP contribution in [-0.4, -0.2) is 0 Å². The Labute approximate surface area is 110 Å². The Morgan fingerprint density at radius 2 is 0.929 bits per heavy atom. The van der Waals surface area contributed by atoms with Crippen LogP contribution in [0.1, 0.15) is 0 Å². The monoisotopic (exact) mass is 335 g/mol. The van der Waals surface area contributed by atoms with Crippen molar-refractivity contribution in [3.63, 3.8) is 0 Å². The Hall–Kier alpha value is 1.10. The van der Waals surface area contributed by atoms with Gasteiger partial charge in [0.25, 0.3) is 0 Å². The van der Waals surface area contributed by atoms with Crippen LogP contribution in [0.4, 0.5) is 0 Å². The van der Waals surface area contributed by atoms with Gasteiger partial charge in [-0.1, -0.05) is 0 Å². The van der Waals surface area contributed by atoms with Crippen LogP contribution in [0.3, 0.4) is 0 Å². The van der Waals surface area contributed by atoms with E-state index < -0.39 is 18.2 Å². The van der Waals surface area contributed by atoms with Crippen molar-refractivity contribution in [3.8, 4) is 0 Å². The summed E-state index contributed by atoms with van der Waals surface area (Å²) in [6.45, 7) is 0. The van der Waals surface area contributed by atoms with Crippen molar-refractivity contribution in [1.82, 2.24) is 0 Å². The van der Waals surface area contributed by atoms with Crippen LogP contribution < -0.4 is 0 Å². The third kappa shape index (κ3) is 51.5. The summed E-state index contributed by atoms with van der Waals surface area (Å²) in [7, 11) is 15.0. The summed E-state index contributed by atoms with van der Waals surface area (Å²) < 4.78 is 0.